The van der Waals surface area contributed by atoms with Crippen LogP contribution in [-0.4, -0.2) is 78.8 Å². The molecule has 2 aliphatic heterocycles. The number of nitrogens with zero attached hydrogens (tertiary/aromatic N) is 4. The predicted octanol–water partition coefficient (Wildman–Crippen LogP) is 3.15. The third-order valence-electron chi connectivity index (χ3n) is 6.05. The molecular weight excluding hydrogens is 408 g/mol. The topological polar surface area (TPSA) is 75.2 Å². The van der Waals surface area contributed by atoms with E-state index in [0.29, 0.717) is 32.6 Å². The molecule has 2 fully saturated rings. The summed E-state index contributed by atoms with van der Waals surface area (Å²) in [6.45, 7) is 9.42. The highest BCUT2D eigenvalue weighted by Crippen LogP contribution is 2.29. The zero-order valence-corrected chi connectivity index (χ0v) is 19.3. The zero-order chi connectivity index (χ0) is 22.9. The van der Waals surface area contributed by atoms with E-state index >= 15 is 0 Å². The number of hydrogen-bond acceptors (Lipinski definition) is 6. The first-order chi connectivity index (χ1) is 15.2. The summed E-state index contributed by atoms with van der Waals surface area (Å²) in [5.74, 6) is 0.776. The van der Waals surface area contributed by atoms with Gasteiger partial charge in [-0.3, -0.25) is 9.78 Å². The van der Waals surface area contributed by atoms with Gasteiger partial charge in [-0.25, -0.2) is 4.79 Å². The number of amides is 2. The molecular formula is C24H32N4O4. The molecule has 1 aromatic carbocycles. The van der Waals surface area contributed by atoms with Crippen LogP contribution >= 0.6 is 0 Å². The number of hydrogen-bond donors (Lipinski definition) is 0. The number of piperazine rings is 1. The number of aromatic nitrogens is 1. The van der Waals surface area contributed by atoms with Gasteiger partial charge in [0.25, 0.3) is 0 Å². The molecule has 0 bridgehead atoms. The van der Waals surface area contributed by atoms with Crippen LogP contribution in [0.25, 0.3) is 10.9 Å². The van der Waals surface area contributed by atoms with E-state index in [4.69, 9.17) is 9.47 Å². The quantitative estimate of drug-likeness (QED) is 0.730. The molecule has 2 amide bonds. The molecule has 2 saturated heterocycles. The average Bonchev–Trinajstić information content (AvgIpc) is 3.27. The van der Waals surface area contributed by atoms with Crippen LogP contribution in [0.4, 0.5) is 10.5 Å². The lowest BCUT2D eigenvalue weighted by Gasteiger charge is -2.37. The van der Waals surface area contributed by atoms with Crippen LogP contribution < -0.4 is 9.64 Å². The molecule has 0 aliphatic carbocycles. The van der Waals surface area contributed by atoms with Crippen molar-refractivity contribution in [2.75, 3.05) is 51.3 Å². The fourth-order valence-corrected chi connectivity index (χ4v) is 4.40. The van der Waals surface area contributed by atoms with E-state index in [-0.39, 0.29) is 17.9 Å². The Morgan fingerprint density at radius 3 is 2.47 bits per heavy atom. The Bertz CT molecular complexity index is 995. The van der Waals surface area contributed by atoms with Crippen LogP contribution in [-0.2, 0) is 9.53 Å². The number of likely N-dealkylation sites (tertiary alicyclic amines) is 1. The van der Waals surface area contributed by atoms with E-state index in [1.807, 2.05) is 56.1 Å². The van der Waals surface area contributed by atoms with Gasteiger partial charge >= 0.3 is 6.09 Å². The van der Waals surface area contributed by atoms with Crippen molar-refractivity contribution in [2.45, 2.75) is 32.8 Å². The van der Waals surface area contributed by atoms with Crippen LogP contribution in [0.1, 0.15) is 27.2 Å². The van der Waals surface area contributed by atoms with Crippen LogP contribution in [0.3, 0.4) is 0 Å². The molecule has 8 nitrogen and oxygen atoms in total. The highest BCUT2D eigenvalue weighted by atomic mass is 16.6. The van der Waals surface area contributed by atoms with Crippen LogP contribution in [0.2, 0.25) is 0 Å². The standard InChI is InChI=1S/C24H32N4O4/c1-24(2,3)32-23(30)28-10-8-17(16-28)22(29)27-13-11-26(12-14-27)21-7-9-25-20-15-18(31-4)5-6-19(20)21/h5-7,9,15,17H,8,10-14,16H2,1-4H3/t17-/m0/s1. The molecule has 0 N–H and O–H groups in total. The van der Waals surface area contributed by atoms with E-state index in [1.54, 1.807) is 12.0 Å². The molecule has 2 aromatic rings. The van der Waals surface area contributed by atoms with Crippen molar-refractivity contribution < 1.29 is 19.1 Å². The number of anilines is 1. The van der Waals surface area contributed by atoms with Gasteiger partial charge in [0.2, 0.25) is 5.91 Å². The van der Waals surface area contributed by atoms with E-state index in [1.165, 1.54) is 0 Å². The summed E-state index contributed by atoms with van der Waals surface area (Å²) in [7, 11) is 1.65. The van der Waals surface area contributed by atoms with Crippen molar-refractivity contribution >= 4 is 28.6 Å². The second-order valence-corrected chi connectivity index (χ2v) is 9.44. The molecule has 172 valence electrons. The third-order valence-corrected chi connectivity index (χ3v) is 6.05. The van der Waals surface area contributed by atoms with Gasteiger partial charge in [-0.2, -0.15) is 0 Å². The molecule has 1 atom stereocenters. The Kier molecular flexibility index (Phi) is 6.13. The largest absolute Gasteiger partial charge is 0.497 e. The maximum absolute atomic E-state index is 13.1. The monoisotopic (exact) mass is 440 g/mol. The van der Waals surface area contributed by atoms with Gasteiger partial charge in [-0.15, -0.1) is 0 Å². The Labute approximate surface area is 189 Å². The normalized spacial score (nSPS) is 19.4. The summed E-state index contributed by atoms with van der Waals surface area (Å²) in [4.78, 5) is 35.8. The number of benzene rings is 1. The Balaban J connectivity index is 1.36. The van der Waals surface area contributed by atoms with E-state index < -0.39 is 5.60 Å². The Hall–Kier alpha value is -3.03. The summed E-state index contributed by atoms with van der Waals surface area (Å²) in [5.41, 5.74) is 1.49. The van der Waals surface area contributed by atoms with Crippen molar-refractivity contribution in [3.8, 4) is 5.75 Å². The van der Waals surface area contributed by atoms with Gasteiger partial charge in [0.05, 0.1) is 18.5 Å². The molecule has 2 aliphatic rings. The van der Waals surface area contributed by atoms with Crippen molar-refractivity contribution in [3.63, 3.8) is 0 Å². The van der Waals surface area contributed by atoms with Crippen LogP contribution in [0.15, 0.2) is 30.5 Å². The summed E-state index contributed by atoms with van der Waals surface area (Å²) >= 11 is 0. The highest BCUT2D eigenvalue weighted by Gasteiger charge is 2.36. The molecule has 1 aromatic heterocycles. The lowest BCUT2D eigenvalue weighted by atomic mass is 10.1. The Morgan fingerprint density at radius 1 is 1.03 bits per heavy atom. The molecule has 0 saturated carbocycles. The first kappa shape index (κ1) is 22.2. The summed E-state index contributed by atoms with van der Waals surface area (Å²) in [5, 5.41) is 1.08. The number of rotatable bonds is 3. The number of fused-ring (bicyclic) bond motifs is 1. The van der Waals surface area contributed by atoms with Crippen molar-refractivity contribution in [2.24, 2.45) is 5.92 Å². The van der Waals surface area contributed by atoms with Gasteiger partial charge < -0.3 is 24.2 Å². The van der Waals surface area contributed by atoms with E-state index in [0.717, 1.165) is 35.4 Å². The van der Waals surface area contributed by atoms with Crippen LogP contribution in [0, 0.1) is 5.92 Å². The Morgan fingerprint density at radius 2 is 1.78 bits per heavy atom. The fourth-order valence-electron chi connectivity index (χ4n) is 4.40. The molecule has 4 rings (SSSR count). The van der Waals surface area contributed by atoms with E-state index in [9.17, 15) is 9.59 Å². The fraction of sp³-hybridized carbons (Fsp3) is 0.542. The summed E-state index contributed by atoms with van der Waals surface area (Å²) < 4.78 is 10.8. The number of carbonyl (C=O) groups is 2. The first-order valence-corrected chi connectivity index (χ1v) is 11.2. The SMILES string of the molecule is COc1ccc2c(N3CCN(C(=O)[C@H]4CCN(C(=O)OC(C)(C)C)C4)CC3)ccnc2c1. The predicted molar refractivity (Wildman–Crippen MR) is 123 cm³/mol. The van der Waals surface area contributed by atoms with Crippen molar-refractivity contribution in [3.05, 3.63) is 30.5 Å². The molecule has 0 spiro atoms. The number of ether oxygens (including phenoxy) is 2. The number of methoxy groups -OCH3 is 1. The molecule has 0 unspecified atom stereocenters. The van der Waals surface area contributed by atoms with Gasteiger partial charge in [0, 0.05) is 62.6 Å². The van der Waals surface area contributed by atoms with Gasteiger partial charge in [-0.05, 0) is 45.4 Å². The highest BCUT2D eigenvalue weighted by molar-refractivity contribution is 5.92. The molecule has 32 heavy (non-hydrogen) atoms. The molecule has 0 radical (unpaired) electrons. The minimum absolute atomic E-state index is 0.139. The molecule has 8 heteroatoms. The van der Waals surface area contributed by atoms with Crippen LogP contribution in [0.5, 0.6) is 5.75 Å². The maximum atomic E-state index is 13.1. The second kappa shape index (κ2) is 8.84. The maximum Gasteiger partial charge on any atom is 0.410 e. The van der Waals surface area contributed by atoms with Gasteiger partial charge in [0.1, 0.15) is 11.4 Å². The van der Waals surface area contributed by atoms with Gasteiger partial charge in [-0.1, -0.05) is 0 Å². The number of pyridine rings is 1. The smallest absolute Gasteiger partial charge is 0.410 e. The minimum atomic E-state index is -0.530. The second-order valence-electron chi connectivity index (χ2n) is 9.44. The number of carbonyl (C=O) groups excluding carboxylic acids is 2. The zero-order valence-electron chi connectivity index (χ0n) is 19.3. The third kappa shape index (κ3) is 4.74. The van der Waals surface area contributed by atoms with E-state index in [2.05, 4.69) is 9.88 Å². The molecule has 3 heterocycles. The minimum Gasteiger partial charge on any atom is -0.497 e. The summed E-state index contributed by atoms with van der Waals surface area (Å²) in [6, 6.07) is 7.96. The van der Waals surface area contributed by atoms with Crippen molar-refractivity contribution in [1.29, 1.82) is 0 Å². The lowest BCUT2D eigenvalue weighted by Crippen LogP contribution is -2.51. The van der Waals surface area contributed by atoms with Gasteiger partial charge in [0.15, 0.2) is 0 Å². The van der Waals surface area contributed by atoms with Crippen molar-refractivity contribution in [1.82, 2.24) is 14.8 Å². The first-order valence-electron chi connectivity index (χ1n) is 11.2. The lowest BCUT2D eigenvalue weighted by molar-refractivity contribution is -0.135. The average molecular weight is 441 g/mol. The summed E-state index contributed by atoms with van der Waals surface area (Å²) in [6.07, 6.45) is 2.17.